The van der Waals surface area contributed by atoms with Gasteiger partial charge in [0.1, 0.15) is 10.7 Å². The van der Waals surface area contributed by atoms with Gasteiger partial charge in [0.05, 0.1) is 30.1 Å². The van der Waals surface area contributed by atoms with Crippen LogP contribution in [0.15, 0.2) is 16.1 Å². The van der Waals surface area contributed by atoms with Crippen LogP contribution in [-0.2, 0) is 0 Å². The van der Waals surface area contributed by atoms with Gasteiger partial charge in [0.2, 0.25) is 0 Å². The topological polar surface area (TPSA) is 64.0 Å². The third kappa shape index (κ3) is 3.65. The third-order valence-corrected chi connectivity index (χ3v) is 5.38. The molecule has 1 aliphatic rings. The Bertz CT molecular complexity index is 654. The molecule has 1 aliphatic heterocycles. The summed E-state index contributed by atoms with van der Waals surface area (Å²) < 4.78 is 23.1. The van der Waals surface area contributed by atoms with Crippen LogP contribution in [0.3, 0.4) is 0 Å². The Morgan fingerprint density at radius 3 is 2.86 bits per heavy atom. The average Bonchev–Trinajstić information content (AvgIpc) is 3.15. The van der Waals surface area contributed by atoms with E-state index in [-0.39, 0.29) is 0 Å². The zero-order chi connectivity index (χ0) is 15.4. The van der Waals surface area contributed by atoms with Crippen molar-refractivity contribution in [3.8, 4) is 5.88 Å². The van der Waals surface area contributed by atoms with Crippen molar-refractivity contribution in [2.24, 2.45) is 0 Å². The molecule has 3 rings (SSSR count). The van der Waals surface area contributed by atoms with Crippen LogP contribution < -0.4 is 4.74 Å². The Morgan fingerprint density at radius 1 is 1.23 bits per heavy atom. The Hall–Kier alpha value is -1.03. The lowest BCUT2D eigenvalue weighted by atomic mass is 10.1. The van der Waals surface area contributed by atoms with Gasteiger partial charge in [-0.2, -0.15) is 13.1 Å². The number of aromatic nitrogens is 4. The molecule has 9 heteroatoms. The fraction of sp³-hybridized carbons (Fsp3) is 0.538. The predicted octanol–water partition coefficient (Wildman–Crippen LogP) is 3.05. The zero-order valence-electron chi connectivity index (χ0n) is 12.5. The van der Waals surface area contributed by atoms with Crippen molar-refractivity contribution in [2.75, 3.05) is 26.7 Å². The van der Waals surface area contributed by atoms with E-state index in [9.17, 15) is 0 Å². The lowest BCUT2D eigenvalue weighted by Gasteiger charge is -2.22. The molecule has 0 atom stereocenters. The van der Waals surface area contributed by atoms with Crippen molar-refractivity contribution < 1.29 is 4.74 Å². The van der Waals surface area contributed by atoms with Crippen molar-refractivity contribution in [2.45, 2.75) is 29.8 Å². The minimum atomic E-state index is 0.602. The van der Waals surface area contributed by atoms with Crippen LogP contribution in [0.5, 0.6) is 5.88 Å². The molecule has 3 heterocycles. The van der Waals surface area contributed by atoms with E-state index in [1.807, 2.05) is 0 Å². The SMILES string of the molecule is CCCOc1nsnc1Sc1nsnc1C1=CCCN(C)C1. The normalized spacial score (nSPS) is 15.8. The van der Waals surface area contributed by atoms with Crippen LogP contribution in [-0.4, -0.2) is 49.1 Å². The number of rotatable bonds is 6. The molecule has 0 bridgehead atoms. The number of hydrogen-bond acceptors (Lipinski definition) is 9. The Labute approximate surface area is 142 Å². The van der Waals surface area contributed by atoms with Crippen molar-refractivity contribution in [1.29, 1.82) is 0 Å². The van der Waals surface area contributed by atoms with E-state index in [1.54, 1.807) is 0 Å². The third-order valence-electron chi connectivity index (χ3n) is 3.17. The second-order valence-electron chi connectivity index (χ2n) is 5.00. The maximum atomic E-state index is 5.63. The first-order valence-corrected chi connectivity index (χ1v) is 9.39. The smallest absolute Gasteiger partial charge is 0.260 e. The van der Waals surface area contributed by atoms with Crippen LogP contribution in [0, 0.1) is 0 Å². The number of likely N-dealkylation sites (N-methyl/N-ethyl adjacent to an activating group) is 1. The van der Waals surface area contributed by atoms with E-state index in [2.05, 4.69) is 42.4 Å². The summed E-state index contributed by atoms with van der Waals surface area (Å²) in [5.74, 6) is 0.602. The lowest BCUT2D eigenvalue weighted by molar-refractivity contribution is 0.300. The van der Waals surface area contributed by atoms with Gasteiger partial charge in [-0.25, -0.2) is 0 Å². The highest BCUT2D eigenvalue weighted by atomic mass is 32.2. The summed E-state index contributed by atoms with van der Waals surface area (Å²) in [7, 11) is 2.13. The van der Waals surface area contributed by atoms with Crippen LogP contribution in [0.1, 0.15) is 25.5 Å². The zero-order valence-corrected chi connectivity index (χ0v) is 14.9. The maximum Gasteiger partial charge on any atom is 0.260 e. The molecule has 0 aliphatic carbocycles. The summed E-state index contributed by atoms with van der Waals surface area (Å²) in [6, 6.07) is 0. The minimum absolute atomic E-state index is 0.602. The molecule has 6 nitrogen and oxygen atoms in total. The van der Waals surface area contributed by atoms with Crippen LogP contribution >= 0.6 is 35.2 Å². The molecular formula is C13H17N5OS3. The second kappa shape index (κ2) is 7.49. The highest BCUT2D eigenvalue weighted by molar-refractivity contribution is 7.99. The van der Waals surface area contributed by atoms with Gasteiger partial charge in [-0.05, 0) is 37.2 Å². The fourth-order valence-corrected chi connectivity index (χ4v) is 4.28. The quantitative estimate of drug-likeness (QED) is 0.789. The molecule has 0 radical (unpaired) electrons. The minimum Gasteiger partial charge on any atom is -0.475 e. The first-order chi connectivity index (χ1) is 10.8. The van der Waals surface area contributed by atoms with Crippen LogP contribution in [0.2, 0.25) is 0 Å². The molecule has 22 heavy (non-hydrogen) atoms. The van der Waals surface area contributed by atoms with Crippen LogP contribution in [0.4, 0.5) is 0 Å². The monoisotopic (exact) mass is 355 g/mol. The highest BCUT2D eigenvalue weighted by Gasteiger charge is 2.21. The highest BCUT2D eigenvalue weighted by Crippen LogP contribution is 2.36. The largest absolute Gasteiger partial charge is 0.475 e. The van der Waals surface area contributed by atoms with E-state index in [1.165, 1.54) is 40.8 Å². The van der Waals surface area contributed by atoms with Crippen molar-refractivity contribution in [1.82, 2.24) is 22.4 Å². The summed E-state index contributed by atoms with van der Waals surface area (Å²) in [6.07, 6.45) is 4.26. The number of ether oxygens (including phenoxy) is 1. The molecule has 0 unspecified atom stereocenters. The average molecular weight is 356 g/mol. The summed E-state index contributed by atoms with van der Waals surface area (Å²) in [4.78, 5) is 2.29. The Kier molecular flexibility index (Phi) is 5.40. The van der Waals surface area contributed by atoms with Crippen LogP contribution in [0.25, 0.3) is 5.57 Å². The van der Waals surface area contributed by atoms with Gasteiger partial charge in [-0.3, -0.25) is 0 Å². The summed E-state index contributed by atoms with van der Waals surface area (Å²) >= 11 is 3.90. The maximum absolute atomic E-state index is 5.63. The van der Waals surface area contributed by atoms with E-state index in [0.717, 1.165) is 41.7 Å². The van der Waals surface area contributed by atoms with Gasteiger partial charge in [0, 0.05) is 13.1 Å². The van der Waals surface area contributed by atoms with Gasteiger partial charge in [-0.1, -0.05) is 13.0 Å². The van der Waals surface area contributed by atoms with Crippen molar-refractivity contribution in [3.05, 3.63) is 11.8 Å². The lowest BCUT2D eigenvalue weighted by Crippen LogP contribution is -2.25. The van der Waals surface area contributed by atoms with E-state index >= 15 is 0 Å². The molecule has 0 amide bonds. The molecule has 0 saturated heterocycles. The molecule has 118 valence electrons. The molecular weight excluding hydrogens is 338 g/mol. The van der Waals surface area contributed by atoms with Gasteiger partial charge in [0.15, 0.2) is 5.03 Å². The molecule has 0 N–H and O–H groups in total. The van der Waals surface area contributed by atoms with E-state index < -0.39 is 0 Å². The summed E-state index contributed by atoms with van der Waals surface area (Å²) in [6.45, 7) is 4.72. The summed E-state index contributed by atoms with van der Waals surface area (Å²) in [5, 5.41) is 1.66. The summed E-state index contributed by atoms with van der Waals surface area (Å²) in [5.41, 5.74) is 2.21. The van der Waals surface area contributed by atoms with E-state index in [0.29, 0.717) is 12.5 Å². The molecule has 0 saturated carbocycles. The predicted molar refractivity (Wildman–Crippen MR) is 89.8 cm³/mol. The fourth-order valence-electron chi connectivity index (χ4n) is 2.12. The van der Waals surface area contributed by atoms with Gasteiger partial charge < -0.3 is 9.64 Å². The first kappa shape index (κ1) is 15.9. The molecule has 0 fully saturated rings. The van der Waals surface area contributed by atoms with Gasteiger partial charge in [0.25, 0.3) is 5.88 Å². The number of hydrogen-bond donors (Lipinski definition) is 0. The molecule has 2 aromatic heterocycles. The standard InChI is InChI=1S/C13H17N5OS3/c1-3-7-19-11-13(17-22-15-11)20-12-10(14-21-16-12)9-5-4-6-18(2)8-9/h5H,3-4,6-8H2,1-2H3. The van der Waals surface area contributed by atoms with Crippen molar-refractivity contribution in [3.63, 3.8) is 0 Å². The molecule has 2 aromatic rings. The Morgan fingerprint density at radius 2 is 2.05 bits per heavy atom. The first-order valence-electron chi connectivity index (χ1n) is 7.11. The molecule has 0 aromatic carbocycles. The Balaban J connectivity index is 1.78. The number of nitrogens with zero attached hydrogens (tertiary/aromatic N) is 5. The van der Waals surface area contributed by atoms with Crippen molar-refractivity contribution >= 4 is 40.8 Å². The van der Waals surface area contributed by atoms with Gasteiger partial charge >= 0.3 is 0 Å². The van der Waals surface area contributed by atoms with E-state index in [4.69, 9.17) is 4.74 Å². The van der Waals surface area contributed by atoms with Gasteiger partial charge in [-0.15, -0.1) is 4.37 Å². The molecule has 0 spiro atoms. The second-order valence-corrected chi connectivity index (χ2v) is 7.03.